The Balaban J connectivity index is -0.000000372. The third-order valence-electron chi connectivity index (χ3n) is 3.80. The molecule has 0 unspecified atom stereocenters. The van der Waals surface area contributed by atoms with Crippen LogP contribution in [0.4, 0.5) is 8.78 Å². The number of hydrogen-bond acceptors (Lipinski definition) is 0. The Hall–Kier alpha value is 1.27. The summed E-state index contributed by atoms with van der Waals surface area (Å²) in [6.45, 7) is 17.4. The van der Waals surface area contributed by atoms with Gasteiger partial charge in [-0.2, -0.15) is 0 Å². The van der Waals surface area contributed by atoms with E-state index in [-0.39, 0.29) is 29.2 Å². The minimum absolute atomic E-state index is 0.0563. The van der Waals surface area contributed by atoms with Crippen LogP contribution in [0.5, 0.6) is 0 Å². The number of hydrogen-bond donors (Lipinski definition) is 0. The molecule has 0 atom stereocenters. The Kier molecular flexibility index (Phi) is 28.7. The van der Waals surface area contributed by atoms with Gasteiger partial charge < -0.3 is 0 Å². The molecule has 0 aliphatic carbocycles. The zero-order valence-electron chi connectivity index (χ0n) is 18.2. The molecule has 0 heterocycles. The monoisotopic (exact) mass is 508 g/mol. The molecule has 0 rings (SSSR count). The molecule has 0 radical (unpaired) electrons. The molecule has 0 saturated carbocycles. The van der Waals surface area contributed by atoms with Crippen LogP contribution in [0.2, 0.25) is 0 Å². The Labute approximate surface area is 185 Å². The first kappa shape index (κ1) is 32.9. The van der Waals surface area contributed by atoms with E-state index in [2.05, 4.69) is 55.4 Å². The van der Waals surface area contributed by atoms with Gasteiger partial charge in [-0.3, -0.25) is 0 Å². The first-order valence-corrected chi connectivity index (χ1v) is 15.4. The molecule has 27 heavy (non-hydrogen) atoms. The van der Waals surface area contributed by atoms with Crippen LogP contribution in [0.15, 0.2) is 24.3 Å². The zero-order valence-corrected chi connectivity index (χ0v) is 22.5. The molecule has 0 N–H and O–H groups in total. The fourth-order valence-corrected chi connectivity index (χ4v) is 7.41. The Morgan fingerprint density at radius 2 is 0.852 bits per heavy atom. The number of allylic oxidation sites excluding steroid dienone is 4. The molecule has 0 aliphatic heterocycles. The second-order valence-electron chi connectivity index (χ2n) is 7.07. The van der Waals surface area contributed by atoms with Crippen LogP contribution < -0.4 is 0 Å². The molecule has 0 bridgehead atoms. The standard InChI is InChI=1S/2C10H20FP.2ClH.Ni/c2*1-9(2)12(10(3)4)8-6-5-7-11;;;/h2*5-6,9-10H,7-8H2,1-4H3;2*1H;/q;;;;+2/p-2. The van der Waals surface area contributed by atoms with Crippen molar-refractivity contribution in [2.45, 2.75) is 78.0 Å². The minimum atomic E-state index is -0.320. The van der Waals surface area contributed by atoms with Crippen LogP contribution in [-0.2, 0) is 12.7 Å². The van der Waals surface area contributed by atoms with Crippen molar-refractivity contribution >= 4 is 36.2 Å². The molecule has 0 aromatic rings. The average molecular weight is 510 g/mol. The van der Waals surface area contributed by atoms with E-state index in [9.17, 15) is 8.78 Å². The maximum absolute atomic E-state index is 11.8. The van der Waals surface area contributed by atoms with Crippen LogP contribution in [0, 0.1) is 0 Å². The van der Waals surface area contributed by atoms with Crippen molar-refractivity contribution < 1.29 is 21.4 Å². The first-order chi connectivity index (χ1) is 12.6. The second kappa shape index (κ2) is 23.6. The van der Waals surface area contributed by atoms with Crippen molar-refractivity contribution in [3.63, 3.8) is 0 Å². The van der Waals surface area contributed by atoms with Gasteiger partial charge in [0.05, 0.1) is 0 Å². The molecule has 0 saturated heterocycles. The Bertz CT molecular complexity index is 305. The molecule has 0 aliphatic rings. The van der Waals surface area contributed by atoms with Crippen molar-refractivity contribution in [1.29, 1.82) is 0 Å². The van der Waals surface area contributed by atoms with E-state index in [1.54, 1.807) is 12.2 Å². The molecule has 0 nitrogen and oxygen atoms in total. The van der Waals surface area contributed by atoms with E-state index in [0.717, 1.165) is 35.0 Å². The fourth-order valence-electron chi connectivity index (χ4n) is 2.55. The summed E-state index contributed by atoms with van der Waals surface area (Å²) in [6, 6.07) is 0. The first-order valence-electron chi connectivity index (χ1n) is 9.36. The van der Waals surface area contributed by atoms with E-state index >= 15 is 0 Å². The van der Waals surface area contributed by atoms with E-state index in [0.29, 0.717) is 12.7 Å². The third-order valence-corrected chi connectivity index (χ3v) is 10.4. The van der Waals surface area contributed by atoms with E-state index in [1.807, 2.05) is 12.2 Å². The van der Waals surface area contributed by atoms with Crippen molar-refractivity contribution in [3.05, 3.63) is 24.3 Å². The quantitative estimate of drug-likeness (QED) is 0.156. The molecule has 0 aromatic carbocycles. The summed E-state index contributed by atoms with van der Waals surface area (Å²) in [5, 5.41) is 0. The predicted molar refractivity (Wildman–Crippen MR) is 126 cm³/mol. The molecule has 0 aromatic heterocycles. The van der Waals surface area contributed by atoms with Gasteiger partial charge in [-0.15, -0.1) is 0 Å². The molecule has 0 fully saturated rings. The number of rotatable bonds is 10. The number of alkyl halides is 2. The van der Waals surface area contributed by atoms with Gasteiger partial charge >= 0.3 is 33.0 Å². The van der Waals surface area contributed by atoms with Gasteiger partial charge in [0.2, 0.25) is 0 Å². The van der Waals surface area contributed by atoms with Crippen molar-refractivity contribution in [2.75, 3.05) is 25.7 Å². The third kappa shape index (κ3) is 23.4. The van der Waals surface area contributed by atoms with Crippen LogP contribution in [0.1, 0.15) is 55.4 Å². The molecule has 0 amide bonds. The van der Waals surface area contributed by atoms with E-state index in [4.69, 9.17) is 20.4 Å². The Morgan fingerprint density at radius 3 is 1.00 bits per heavy atom. The normalized spacial score (nSPS) is 12.1. The fraction of sp³-hybridized carbons (Fsp3) is 0.800. The van der Waals surface area contributed by atoms with E-state index in [1.165, 1.54) is 0 Å². The zero-order chi connectivity index (χ0) is 21.8. The average Bonchev–Trinajstić information content (AvgIpc) is 2.55. The summed E-state index contributed by atoms with van der Waals surface area (Å²) < 4.78 is 23.5. The molecule has 168 valence electrons. The summed E-state index contributed by atoms with van der Waals surface area (Å²) in [6.07, 6.45) is 9.39. The van der Waals surface area contributed by atoms with Gasteiger partial charge in [0.25, 0.3) is 0 Å². The summed E-state index contributed by atoms with van der Waals surface area (Å²) in [7, 11) is 9.52. The summed E-state index contributed by atoms with van der Waals surface area (Å²) in [5.41, 5.74) is 3.02. The summed E-state index contributed by atoms with van der Waals surface area (Å²) >= 11 is 0.569. The van der Waals surface area contributed by atoms with Gasteiger partial charge in [0.1, 0.15) is 13.3 Å². The van der Waals surface area contributed by atoms with Crippen LogP contribution in [0.25, 0.3) is 0 Å². The SMILES string of the molecule is CC(C)P(CC=CCF)C(C)C.CC(C)P(CC=CCF)C(C)C.[Cl][Ni][Cl]. The maximum atomic E-state index is 11.8. The van der Waals surface area contributed by atoms with Crippen molar-refractivity contribution in [3.8, 4) is 0 Å². The van der Waals surface area contributed by atoms with Crippen LogP contribution in [0.3, 0.4) is 0 Å². The summed E-state index contributed by atoms with van der Waals surface area (Å²) in [4.78, 5) is 0. The van der Waals surface area contributed by atoms with Crippen molar-refractivity contribution in [1.82, 2.24) is 0 Å². The topological polar surface area (TPSA) is 0 Å². The van der Waals surface area contributed by atoms with Crippen LogP contribution >= 0.6 is 36.2 Å². The summed E-state index contributed by atoms with van der Waals surface area (Å²) in [5.74, 6) is 0. The second-order valence-corrected chi connectivity index (χ2v) is 15.6. The van der Waals surface area contributed by atoms with Gasteiger partial charge in [0, 0.05) is 0 Å². The number of halogens is 4. The van der Waals surface area contributed by atoms with E-state index < -0.39 is 0 Å². The van der Waals surface area contributed by atoms with Gasteiger partial charge in [-0.25, -0.2) is 8.78 Å². The van der Waals surface area contributed by atoms with Gasteiger partial charge in [-0.1, -0.05) is 95.5 Å². The molecular weight excluding hydrogens is 470 g/mol. The molecule has 7 heteroatoms. The molecular formula is C20H40Cl2F2NiP2. The Morgan fingerprint density at radius 1 is 0.630 bits per heavy atom. The van der Waals surface area contributed by atoms with Gasteiger partial charge in [0.15, 0.2) is 0 Å². The van der Waals surface area contributed by atoms with Gasteiger partial charge in [-0.05, 0) is 35.0 Å². The predicted octanol–water partition coefficient (Wildman–Crippen LogP) is 9.00. The molecule has 0 spiro atoms. The van der Waals surface area contributed by atoms with Crippen LogP contribution in [-0.4, -0.2) is 48.3 Å². The van der Waals surface area contributed by atoms with Crippen molar-refractivity contribution in [2.24, 2.45) is 0 Å².